The molecular weight excluding hydrogens is 422 g/mol. The van der Waals surface area contributed by atoms with Crippen molar-refractivity contribution in [2.24, 2.45) is 0 Å². The second-order valence-electron chi connectivity index (χ2n) is 7.54. The highest BCUT2D eigenvalue weighted by Gasteiger charge is 2.32. The number of aromatic nitrogens is 1. The molecule has 1 unspecified atom stereocenters. The highest BCUT2D eigenvalue weighted by Crippen LogP contribution is 2.39. The van der Waals surface area contributed by atoms with E-state index in [1.165, 1.54) is 15.3 Å². The number of nitrogens with zero attached hydrogens (tertiary/aromatic N) is 3. The van der Waals surface area contributed by atoms with Crippen molar-refractivity contribution in [1.29, 1.82) is 5.26 Å². The Labute approximate surface area is 189 Å². The van der Waals surface area contributed by atoms with Gasteiger partial charge in [0, 0.05) is 51.6 Å². The van der Waals surface area contributed by atoms with E-state index in [9.17, 15) is 4.79 Å². The maximum atomic E-state index is 13.3. The maximum absolute atomic E-state index is 13.3. The van der Waals surface area contributed by atoms with E-state index in [4.69, 9.17) is 5.26 Å². The van der Waals surface area contributed by atoms with Gasteiger partial charge in [0.05, 0.1) is 18.5 Å². The average Bonchev–Trinajstić information content (AvgIpc) is 3.55. The fourth-order valence-corrected chi connectivity index (χ4v) is 6.09. The molecule has 4 heterocycles. The summed E-state index contributed by atoms with van der Waals surface area (Å²) in [5.74, 6) is 0.0316. The van der Waals surface area contributed by atoms with Crippen molar-refractivity contribution in [2.75, 3.05) is 6.54 Å². The van der Waals surface area contributed by atoms with Gasteiger partial charge in [-0.25, -0.2) is 0 Å². The Kier molecular flexibility index (Phi) is 5.46. The van der Waals surface area contributed by atoms with E-state index in [0.717, 1.165) is 29.4 Å². The first-order valence-corrected chi connectivity index (χ1v) is 12.1. The molecule has 4 aromatic rings. The zero-order valence-electron chi connectivity index (χ0n) is 16.9. The third kappa shape index (κ3) is 3.71. The van der Waals surface area contributed by atoms with Gasteiger partial charge in [0.1, 0.15) is 0 Å². The zero-order valence-corrected chi connectivity index (χ0v) is 18.5. The highest BCUT2D eigenvalue weighted by atomic mass is 32.1. The Hall–Kier alpha value is -3.14. The number of aryl methyl sites for hydroxylation is 1. The van der Waals surface area contributed by atoms with Crippen molar-refractivity contribution in [2.45, 2.75) is 25.4 Å². The molecule has 0 N–H and O–H groups in total. The Bertz CT molecular complexity index is 1290. The van der Waals surface area contributed by atoms with Crippen LogP contribution in [0.5, 0.6) is 0 Å². The van der Waals surface area contributed by atoms with E-state index in [0.29, 0.717) is 13.0 Å². The second kappa shape index (κ2) is 8.54. The molecule has 0 saturated heterocycles. The molecule has 1 aliphatic heterocycles. The molecule has 0 fully saturated rings. The van der Waals surface area contributed by atoms with Crippen molar-refractivity contribution in [3.8, 4) is 6.07 Å². The van der Waals surface area contributed by atoms with E-state index in [1.54, 1.807) is 28.7 Å². The maximum Gasteiger partial charge on any atom is 0.247 e. The van der Waals surface area contributed by atoms with E-state index < -0.39 is 0 Å². The van der Waals surface area contributed by atoms with Gasteiger partial charge in [-0.15, -0.1) is 22.7 Å². The lowest BCUT2D eigenvalue weighted by Gasteiger charge is -2.34. The van der Waals surface area contributed by atoms with Gasteiger partial charge in [0.15, 0.2) is 0 Å². The number of fused-ring (bicyclic) bond motifs is 2. The quantitative estimate of drug-likeness (QED) is 0.363. The number of para-hydroxylation sites is 1. The van der Waals surface area contributed by atoms with Crippen LogP contribution in [-0.2, 0) is 17.8 Å². The molecule has 0 bridgehead atoms. The van der Waals surface area contributed by atoms with Crippen LogP contribution in [-0.4, -0.2) is 21.9 Å². The molecule has 154 valence electrons. The van der Waals surface area contributed by atoms with Crippen LogP contribution in [0.4, 0.5) is 0 Å². The lowest BCUT2D eigenvalue weighted by molar-refractivity contribution is -0.127. The van der Waals surface area contributed by atoms with Crippen LogP contribution in [0.15, 0.2) is 65.5 Å². The summed E-state index contributed by atoms with van der Waals surface area (Å²) in [5.41, 5.74) is 3.35. The fourth-order valence-electron chi connectivity index (χ4n) is 4.33. The molecule has 1 atom stereocenters. The van der Waals surface area contributed by atoms with E-state index in [1.807, 2.05) is 29.3 Å². The number of hydrogen-bond donors (Lipinski definition) is 0. The predicted molar refractivity (Wildman–Crippen MR) is 127 cm³/mol. The van der Waals surface area contributed by atoms with Crippen LogP contribution in [0.25, 0.3) is 17.0 Å². The molecular formula is C25H21N3OS2. The number of benzene rings is 1. The largest absolute Gasteiger partial charge is 0.346 e. The SMILES string of the molecule is N#CCCn1cc(/C=C\C(=O)N2CCc3sccc3C2c2cccs2)c2ccccc21. The summed E-state index contributed by atoms with van der Waals surface area (Å²) in [6.07, 6.45) is 7.02. The minimum atomic E-state index is -0.0101. The predicted octanol–water partition coefficient (Wildman–Crippen LogP) is 5.87. The smallest absolute Gasteiger partial charge is 0.247 e. The highest BCUT2D eigenvalue weighted by molar-refractivity contribution is 7.10. The van der Waals surface area contributed by atoms with Crippen LogP contribution in [0, 0.1) is 11.3 Å². The molecule has 4 nitrogen and oxygen atoms in total. The molecule has 0 aliphatic carbocycles. The Morgan fingerprint density at radius 1 is 1.16 bits per heavy atom. The van der Waals surface area contributed by atoms with Gasteiger partial charge in [0.2, 0.25) is 5.91 Å². The first-order valence-electron chi connectivity index (χ1n) is 10.3. The van der Waals surface area contributed by atoms with Gasteiger partial charge in [-0.1, -0.05) is 24.3 Å². The standard InChI is InChI=1S/C25H21N3OS2/c26-12-4-13-27-17-18(19-5-1-2-6-21(19)27)8-9-24(29)28-14-10-22-20(11-16-31-22)25(28)23-7-3-15-30-23/h1-3,5-9,11,15-17,25H,4,10,13-14H2/b9-8-. The first kappa shape index (κ1) is 19.8. The molecule has 1 aromatic carbocycles. The normalized spacial score (nSPS) is 16.0. The van der Waals surface area contributed by atoms with Crippen molar-refractivity contribution in [3.63, 3.8) is 0 Å². The van der Waals surface area contributed by atoms with Crippen LogP contribution >= 0.6 is 22.7 Å². The summed E-state index contributed by atoms with van der Waals surface area (Å²) in [6.45, 7) is 1.37. The third-order valence-corrected chi connectivity index (χ3v) is 7.67. The summed E-state index contributed by atoms with van der Waals surface area (Å²) < 4.78 is 2.09. The molecule has 31 heavy (non-hydrogen) atoms. The number of thiophene rings is 2. The summed E-state index contributed by atoms with van der Waals surface area (Å²) in [5, 5.41) is 14.3. The minimum absolute atomic E-state index is 0.0101. The lowest BCUT2D eigenvalue weighted by atomic mass is 9.98. The topological polar surface area (TPSA) is 49.0 Å². The Morgan fingerprint density at radius 2 is 2.06 bits per heavy atom. The number of carbonyl (C=O) groups is 1. The Morgan fingerprint density at radius 3 is 2.90 bits per heavy atom. The first-order chi connectivity index (χ1) is 15.3. The van der Waals surface area contributed by atoms with Gasteiger partial charge in [-0.3, -0.25) is 4.79 Å². The number of rotatable bonds is 5. The molecule has 1 aliphatic rings. The minimum Gasteiger partial charge on any atom is -0.346 e. The van der Waals surface area contributed by atoms with Gasteiger partial charge in [-0.05, 0) is 47.0 Å². The van der Waals surface area contributed by atoms with E-state index in [2.05, 4.69) is 51.7 Å². The number of nitriles is 1. The monoisotopic (exact) mass is 443 g/mol. The summed E-state index contributed by atoms with van der Waals surface area (Å²) in [6, 6.07) is 16.7. The van der Waals surface area contributed by atoms with Gasteiger partial charge in [-0.2, -0.15) is 5.26 Å². The Balaban J connectivity index is 1.46. The molecule has 3 aromatic heterocycles. The van der Waals surface area contributed by atoms with Crippen molar-refractivity contribution < 1.29 is 4.79 Å². The summed E-state index contributed by atoms with van der Waals surface area (Å²) in [4.78, 5) is 17.9. The van der Waals surface area contributed by atoms with Crippen molar-refractivity contribution >= 4 is 45.6 Å². The van der Waals surface area contributed by atoms with Crippen LogP contribution in [0.1, 0.15) is 33.3 Å². The average molecular weight is 444 g/mol. The van der Waals surface area contributed by atoms with Crippen molar-refractivity contribution in [1.82, 2.24) is 9.47 Å². The number of hydrogen-bond acceptors (Lipinski definition) is 4. The van der Waals surface area contributed by atoms with Crippen LogP contribution in [0.3, 0.4) is 0 Å². The lowest BCUT2D eigenvalue weighted by Crippen LogP contribution is -2.38. The molecule has 5 rings (SSSR count). The van der Waals surface area contributed by atoms with E-state index >= 15 is 0 Å². The number of carbonyl (C=O) groups excluding carboxylic acids is 1. The van der Waals surface area contributed by atoms with Crippen LogP contribution in [0.2, 0.25) is 0 Å². The molecule has 0 saturated carbocycles. The molecule has 0 radical (unpaired) electrons. The van der Waals surface area contributed by atoms with E-state index in [-0.39, 0.29) is 11.9 Å². The molecule has 1 amide bonds. The molecule has 6 heteroatoms. The summed E-state index contributed by atoms with van der Waals surface area (Å²) >= 11 is 3.49. The van der Waals surface area contributed by atoms with Crippen molar-refractivity contribution in [3.05, 3.63) is 86.4 Å². The van der Waals surface area contributed by atoms with Crippen LogP contribution < -0.4 is 0 Å². The van der Waals surface area contributed by atoms with Gasteiger partial charge in [0.25, 0.3) is 0 Å². The number of amides is 1. The van der Waals surface area contributed by atoms with Gasteiger partial charge < -0.3 is 9.47 Å². The zero-order chi connectivity index (χ0) is 21.2. The third-order valence-electron chi connectivity index (χ3n) is 5.75. The summed E-state index contributed by atoms with van der Waals surface area (Å²) in [7, 11) is 0. The molecule has 0 spiro atoms. The second-order valence-corrected chi connectivity index (χ2v) is 9.52. The van der Waals surface area contributed by atoms with Gasteiger partial charge >= 0.3 is 0 Å². The fraction of sp³-hybridized carbons (Fsp3) is 0.200.